The third-order valence-corrected chi connectivity index (χ3v) is 6.58. The summed E-state index contributed by atoms with van der Waals surface area (Å²) in [6.45, 7) is -0.178. The zero-order valence-electron chi connectivity index (χ0n) is 20.7. The van der Waals surface area contributed by atoms with Crippen molar-refractivity contribution < 1.29 is 33.9 Å². The molecule has 0 atom stereocenters. The molecule has 198 valence electrons. The zero-order chi connectivity index (χ0) is 27.8. The minimum absolute atomic E-state index is 0.0518. The Bertz CT molecular complexity index is 1740. The molecule has 0 radical (unpaired) electrons. The summed E-state index contributed by atoms with van der Waals surface area (Å²) in [5.41, 5.74) is 2.24. The Morgan fingerprint density at radius 2 is 1.64 bits per heavy atom. The SMILES string of the molecule is Cn1cc(C2=C(c3cn(COC(=O)CCCC(=O)O)c4ccccc34)C(=O)NC2=O)c2ccc([N+](=O)[O-])cc21. The predicted octanol–water partition coefficient (Wildman–Crippen LogP) is 3.36. The smallest absolute Gasteiger partial charge is 0.307 e. The monoisotopic (exact) mass is 530 g/mol. The van der Waals surface area contributed by atoms with Crippen LogP contribution in [0.1, 0.15) is 30.4 Å². The molecule has 5 rings (SSSR count). The van der Waals surface area contributed by atoms with Crippen molar-refractivity contribution in [2.75, 3.05) is 0 Å². The molecular formula is C27H22N4O8. The number of aromatic nitrogens is 2. The van der Waals surface area contributed by atoms with Gasteiger partial charge in [-0.1, -0.05) is 18.2 Å². The molecule has 0 saturated heterocycles. The van der Waals surface area contributed by atoms with Crippen molar-refractivity contribution in [2.24, 2.45) is 7.05 Å². The number of hydrogen-bond acceptors (Lipinski definition) is 7. The van der Waals surface area contributed by atoms with Gasteiger partial charge in [-0.05, 0) is 18.6 Å². The molecule has 4 aromatic rings. The van der Waals surface area contributed by atoms with Crippen LogP contribution < -0.4 is 5.32 Å². The van der Waals surface area contributed by atoms with Crippen LogP contribution >= 0.6 is 0 Å². The maximum Gasteiger partial charge on any atom is 0.307 e. The number of esters is 1. The van der Waals surface area contributed by atoms with Crippen molar-refractivity contribution in [2.45, 2.75) is 26.0 Å². The first-order chi connectivity index (χ1) is 18.7. The lowest BCUT2D eigenvalue weighted by Gasteiger charge is -2.07. The standard InChI is InChI=1S/C27H22N4O8/c1-29-12-18(17-10-9-15(31(37)38)11-21(17)29)24-25(27(36)28-26(24)35)19-13-30(20-6-3-2-5-16(19)20)14-39-23(34)8-4-7-22(32)33/h2-3,5-6,9-13H,4,7-8,14H2,1H3,(H,32,33)(H,28,35,36). The number of aliphatic carboxylic acids is 1. The lowest BCUT2D eigenvalue weighted by molar-refractivity contribution is -0.384. The number of aryl methyl sites for hydroxylation is 1. The van der Waals surface area contributed by atoms with Crippen molar-refractivity contribution in [1.29, 1.82) is 0 Å². The molecule has 39 heavy (non-hydrogen) atoms. The van der Waals surface area contributed by atoms with Gasteiger partial charge in [0.05, 0.1) is 27.1 Å². The predicted molar refractivity (Wildman–Crippen MR) is 139 cm³/mol. The molecule has 0 unspecified atom stereocenters. The topological polar surface area (TPSA) is 163 Å². The van der Waals surface area contributed by atoms with E-state index in [0.717, 1.165) is 0 Å². The van der Waals surface area contributed by atoms with Crippen LogP contribution in [0.15, 0.2) is 54.9 Å². The van der Waals surface area contributed by atoms with Gasteiger partial charge in [-0.25, -0.2) is 0 Å². The van der Waals surface area contributed by atoms with E-state index in [4.69, 9.17) is 9.84 Å². The average molecular weight is 530 g/mol. The quantitative estimate of drug-likeness (QED) is 0.144. The summed E-state index contributed by atoms with van der Waals surface area (Å²) in [5, 5.41) is 23.6. The van der Waals surface area contributed by atoms with Gasteiger partial charge in [0.2, 0.25) is 0 Å². The fourth-order valence-electron chi connectivity index (χ4n) is 4.80. The summed E-state index contributed by atoms with van der Waals surface area (Å²) in [4.78, 5) is 59.8. The highest BCUT2D eigenvalue weighted by atomic mass is 16.6. The van der Waals surface area contributed by atoms with E-state index in [1.54, 1.807) is 58.9 Å². The van der Waals surface area contributed by atoms with E-state index in [1.807, 2.05) is 0 Å². The number of nitro groups is 1. The molecular weight excluding hydrogens is 508 g/mol. The molecule has 0 fully saturated rings. The molecule has 3 heterocycles. The molecule has 0 spiro atoms. The fourth-order valence-corrected chi connectivity index (χ4v) is 4.80. The highest BCUT2D eigenvalue weighted by Crippen LogP contribution is 2.39. The van der Waals surface area contributed by atoms with E-state index >= 15 is 0 Å². The fraction of sp³-hybridized carbons (Fsp3) is 0.185. The van der Waals surface area contributed by atoms with Crippen molar-refractivity contribution in [1.82, 2.24) is 14.5 Å². The molecule has 2 aromatic heterocycles. The van der Waals surface area contributed by atoms with E-state index < -0.39 is 28.7 Å². The van der Waals surface area contributed by atoms with E-state index in [0.29, 0.717) is 32.9 Å². The normalized spacial score (nSPS) is 13.4. The van der Waals surface area contributed by atoms with Crippen molar-refractivity contribution in [3.05, 3.63) is 76.1 Å². The van der Waals surface area contributed by atoms with Crippen LogP contribution in [0.25, 0.3) is 33.0 Å². The Hall–Kier alpha value is -5.26. The number of rotatable bonds is 9. The lowest BCUT2D eigenvalue weighted by Crippen LogP contribution is -2.22. The Morgan fingerprint density at radius 1 is 0.974 bits per heavy atom. The lowest BCUT2D eigenvalue weighted by atomic mass is 9.95. The Balaban J connectivity index is 1.58. The number of carbonyl (C=O) groups is 4. The number of amides is 2. The number of carboxylic acids is 1. The number of hydrogen-bond donors (Lipinski definition) is 2. The molecule has 0 saturated carbocycles. The Labute approximate surface area is 220 Å². The second kappa shape index (κ2) is 9.89. The van der Waals surface area contributed by atoms with Crippen LogP contribution in [0.5, 0.6) is 0 Å². The Kier molecular flexibility index (Phi) is 6.44. The zero-order valence-corrected chi connectivity index (χ0v) is 20.7. The van der Waals surface area contributed by atoms with E-state index in [9.17, 15) is 29.3 Å². The minimum atomic E-state index is -0.998. The number of imide groups is 1. The largest absolute Gasteiger partial charge is 0.481 e. The highest BCUT2D eigenvalue weighted by Gasteiger charge is 2.35. The van der Waals surface area contributed by atoms with Gasteiger partial charge in [0.1, 0.15) is 0 Å². The van der Waals surface area contributed by atoms with Gasteiger partial charge in [0.15, 0.2) is 6.73 Å². The number of carboxylic acid groups (broad SMARTS) is 1. The van der Waals surface area contributed by atoms with Crippen LogP contribution in [0, 0.1) is 10.1 Å². The van der Waals surface area contributed by atoms with Crippen molar-refractivity contribution >= 4 is 62.4 Å². The number of carbonyl (C=O) groups excluding carboxylic acids is 3. The molecule has 2 amide bonds. The third-order valence-electron chi connectivity index (χ3n) is 6.58. The first kappa shape index (κ1) is 25.4. The summed E-state index contributed by atoms with van der Waals surface area (Å²) in [7, 11) is 1.70. The first-order valence-electron chi connectivity index (χ1n) is 11.9. The number of fused-ring (bicyclic) bond motifs is 2. The second-order valence-electron chi connectivity index (χ2n) is 9.07. The summed E-state index contributed by atoms with van der Waals surface area (Å²) in [6.07, 6.45) is 3.23. The van der Waals surface area contributed by atoms with Crippen LogP contribution in [0.2, 0.25) is 0 Å². The highest BCUT2D eigenvalue weighted by molar-refractivity contribution is 6.50. The summed E-state index contributed by atoms with van der Waals surface area (Å²) >= 11 is 0. The first-order valence-corrected chi connectivity index (χ1v) is 11.9. The average Bonchev–Trinajstić information content (AvgIpc) is 3.52. The number of benzene rings is 2. The van der Waals surface area contributed by atoms with Crippen molar-refractivity contribution in [3.8, 4) is 0 Å². The second-order valence-corrected chi connectivity index (χ2v) is 9.07. The van der Waals surface area contributed by atoms with Gasteiger partial charge >= 0.3 is 11.9 Å². The molecule has 2 aromatic carbocycles. The number of para-hydroxylation sites is 1. The Morgan fingerprint density at radius 3 is 2.33 bits per heavy atom. The van der Waals surface area contributed by atoms with Crippen LogP contribution in [0.4, 0.5) is 5.69 Å². The van der Waals surface area contributed by atoms with Gasteiger partial charge in [-0.2, -0.15) is 0 Å². The maximum atomic E-state index is 13.1. The minimum Gasteiger partial charge on any atom is -0.481 e. The number of non-ortho nitro benzene ring substituents is 1. The molecule has 0 bridgehead atoms. The van der Waals surface area contributed by atoms with Crippen LogP contribution in [-0.4, -0.2) is 42.9 Å². The molecule has 0 aliphatic carbocycles. The van der Waals surface area contributed by atoms with Gasteiger partial charge < -0.3 is 19.0 Å². The van der Waals surface area contributed by atoms with E-state index in [1.165, 1.54) is 12.1 Å². The van der Waals surface area contributed by atoms with Gasteiger partial charge in [0, 0.05) is 66.3 Å². The van der Waals surface area contributed by atoms with E-state index in [2.05, 4.69) is 5.32 Å². The van der Waals surface area contributed by atoms with Crippen molar-refractivity contribution in [3.63, 3.8) is 0 Å². The number of nitrogens with zero attached hydrogens (tertiary/aromatic N) is 3. The molecule has 12 nitrogen and oxygen atoms in total. The van der Waals surface area contributed by atoms with Gasteiger partial charge in [-0.3, -0.25) is 34.6 Å². The number of nitro benzene ring substituents is 1. The van der Waals surface area contributed by atoms with Gasteiger partial charge in [0.25, 0.3) is 17.5 Å². The summed E-state index contributed by atoms with van der Waals surface area (Å²) in [6, 6.07) is 11.4. The van der Waals surface area contributed by atoms with Gasteiger partial charge in [-0.15, -0.1) is 0 Å². The number of ether oxygens (including phenoxy) is 1. The summed E-state index contributed by atoms with van der Waals surface area (Å²) in [5.74, 6) is -2.75. The number of nitrogens with one attached hydrogen (secondary N) is 1. The maximum absolute atomic E-state index is 13.1. The molecule has 12 heteroatoms. The van der Waals surface area contributed by atoms with Crippen LogP contribution in [0.3, 0.4) is 0 Å². The third kappa shape index (κ3) is 4.63. The van der Waals surface area contributed by atoms with E-state index in [-0.39, 0.29) is 42.8 Å². The summed E-state index contributed by atoms with van der Waals surface area (Å²) < 4.78 is 8.62. The molecule has 1 aliphatic heterocycles. The van der Waals surface area contributed by atoms with Crippen LogP contribution in [-0.2, 0) is 37.7 Å². The molecule has 1 aliphatic rings. The molecule has 2 N–H and O–H groups in total.